The van der Waals surface area contributed by atoms with Gasteiger partial charge in [0.1, 0.15) is 23.4 Å². The van der Waals surface area contributed by atoms with Crippen molar-refractivity contribution >= 4 is 17.3 Å². The molecule has 1 N–H and O–H groups in total. The number of rotatable bonds is 8. The first-order valence-electron chi connectivity index (χ1n) is 12.2. The Bertz CT molecular complexity index is 989. The van der Waals surface area contributed by atoms with Gasteiger partial charge in [-0.05, 0) is 55.2 Å². The Morgan fingerprint density at radius 3 is 2.47 bits per heavy atom. The molecule has 2 aromatic carbocycles. The third-order valence-electron chi connectivity index (χ3n) is 7.03. The number of anilines is 2. The molecule has 2 aliphatic heterocycles. The van der Waals surface area contributed by atoms with Crippen LogP contribution in [0.15, 0.2) is 36.4 Å². The molecule has 0 amide bonds. The summed E-state index contributed by atoms with van der Waals surface area (Å²) in [7, 11) is 1.62. The van der Waals surface area contributed by atoms with Gasteiger partial charge >= 0.3 is 5.97 Å². The van der Waals surface area contributed by atoms with Crippen molar-refractivity contribution in [2.24, 2.45) is 5.92 Å². The molecule has 184 valence electrons. The average molecular weight is 471 g/mol. The highest BCUT2D eigenvalue weighted by atomic mass is 19.1. The first-order chi connectivity index (χ1) is 16.4. The van der Waals surface area contributed by atoms with E-state index in [4.69, 9.17) is 9.47 Å². The van der Waals surface area contributed by atoms with Crippen molar-refractivity contribution in [3.05, 3.63) is 47.8 Å². The largest absolute Gasteiger partial charge is 0.496 e. The molecular formula is C27H35FN2O4. The van der Waals surface area contributed by atoms with E-state index in [1.54, 1.807) is 13.2 Å². The van der Waals surface area contributed by atoms with Gasteiger partial charge in [0, 0.05) is 49.8 Å². The standard InChI is InChI=1S/C27H35FN2O4/c1-4-23-25(33-3)10-9-24(28)27(23)29-13-11-22(12-14-29)34-21-7-5-19(6-8-21)30-17-18(2)15-20(30)16-26(31)32/h5-10,18,20,22H,4,11-17H2,1-3H3,(H,31,32)/t18-,20-/m1/s1. The van der Waals surface area contributed by atoms with Gasteiger partial charge < -0.3 is 24.4 Å². The summed E-state index contributed by atoms with van der Waals surface area (Å²) in [6.45, 7) is 6.51. The van der Waals surface area contributed by atoms with E-state index in [0.717, 1.165) is 61.6 Å². The molecule has 0 saturated carbocycles. The molecule has 6 nitrogen and oxygen atoms in total. The third-order valence-corrected chi connectivity index (χ3v) is 7.03. The van der Waals surface area contributed by atoms with Crippen molar-refractivity contribution in [3.63, 3.8) is 0 Å². The van der Waals surface area contributed by atoms with Gasteiger partial charge in [-0.3, -0.25) is 4.79 Å². The van der Waals surface area contributed by atoms with Crippen molar-refractivity contribution in [3.8, 4) is 11.5 Å². The molecule has 0 bridgehead atoms. The summed E-state index contributed by atoms with van der Waals surface area (Å²) >= 11 is 0. The number of benzene rings is 2. The molecule has 2 saturated heterocycles. The highest BCUT2D eigenvalue weighted by Gasteiger charge is 2.31. The van der Waals surface area contributed by atoms with Crippen LogP contribution in [-0.2, 0) is 11.2 Å². The van der Waals surface area contributed by atoms with E-state index in [-0.39, 0.29) is 24.4 Å². The number of piperidine rings is 1. The van der Waals surface area contributed by atoms with Crippen LogP contribution in [0.4, 0.5) is 15.8 Å². The van der Waals surface area contributed by atoms with Crippen molar-refractivity contribution in [2.45, 2.75) is 58.1 Å². The van der Waals surface area contributed by atoms with Gasteiger partial charge in [-0.15, -0.1) is 0 Å². The van der Waals surface area contributed by atoms with Crippen molar-refractivity contribution in [2.75, 3.05) is 36.5 Å². The Morgan fingerprint density at radius 1 is 1.15 bits per heavy atom. The molecule has 2 atom stereocenters. The second kappa shape index (κ2) is 10.5. The number of carbonyl (C=O) groups is 1. The maximum absolute atomic E-state index is 14.7. The van der Waals surface area contributed by atoms with E-state index in [0.29, 0.717) is 18.0 Å². The second-order valence-corrected chi connectivity index (χ2v) is 9.47. The van der Waals surface area contributed by atoms with Crippen molar-refractivity contribution in [1.29, 1.82) is 0 Å². The Morgan fingerprint density at radius 2 is 1.85 bits per heavy atom. The number of nitrogens with zero attached hydrogens (tertiary/aromatic N) is 2. The first-order valence-corrected chi connectivity index (χ1v) is 12.2. The van der Waals surface area contributed by atoms with Crippen LogP contribution in [0.25, 0.3) is 0 Å². The predicted molar refractivity (Wildman–Crippen MR) is 132 cm³/mol. The lowest BCUT2D eigenvalue weighted by atomic mass is 10.0. The molecule has 2 aromatic rings. The second-order valence-electron chi connectivity index (χ2n) is 9.47. The topological polar surface area (TPSA) is 62.2 Å². The maximum atomic E-state index is 14.7. The van der Waals surface area contributed by atoms with Gasteiger partial charge in [0.15, 0.2) is 0 Å². The van der Waals surface area contributed by atoms with Crippen LogP contribution >= 0.6 is 0 Å². The molecule has 0 spiro atoms. The molecule has 4 rings (SSSR count). The Hall–Kier alpha value is -2.96. The molecular weight excluding hydrogens is 435 g/mol. The van der Waals surface area contributed by atoms with E-state index in [2.05, 4.69) is 16.7 Å². The predicted octanol–water partition coefficient (Wildman–Crippen LogP) is 5.13. The fourth-order valence-corrected chi connectivity index (χ4v) is 5.43. The number of carboxylic acids is 1. The molecule has 0 aromatic heterocycles. The lowest BCUT2D eigenvalue weighted by molar-refractivity contribution is -0.137. The number of carboxylic acid groups (broad SMARTS) is 1. The summed E-state index contributed by atoms with van der Waals surface area (Å²) < 4.78 is 26.4. The van der Waals surface area contributed by atoms with Gasteiger partial charge in [-0.1, -0.05) is 13.8 Å². The van der Waals surface area contributed by atoms with Gasteiger partial charge in [-0.25, -0.2) is 4.39 Å². The van der Waals surface area contributed by atoms with E-state index >= 15 is 0 Å². The normalized spacial score (nSPS) is 21.1. The smallest absolute Gasteiger partial charge is 0.305 e. The number of halogens is 1. The Balaban J connectivity index is 1.37. The van der Waals surface area contributed by atoms with E-state index in [1.165, 1.54) is 6.07 Å². The molecule has 7 heteroatoms. The van der Waals surface area contributed by atoms with Crippen molar-refractivity contribution in [1.82, 2.24) is 0 Å². The number of hydrogen-bond donors (Lipinski definition) is 1. The first kappa shape index (κ1) is 24.2. The minimum atomic E-state index is -0.754. The van der Waals surface area contributed by atoms with Crippen LogP contribution < -0.4 is 19.3 Å². The van der Waals surface area contributed by atoms with Crippen LogP contribution in [0.2, 0.25) is 0 Å². The molecule has 0 unspecified atom stereocenters. The molecule has 2 fully saturated rings. The molecule has 0 aliphatic carbocycles. The van der Waals surface area contributed by atoms with Crippen LogP contribution in [0.1, 0.15) is 45.1 Å². The zero-order chi connectivity index (χ0) is 24.2. The van der Waals surface area contributed by atoms with E-state index < -0.39 is 5.97 Å². The molecule has 34 heavy (non-hydrogen) atoms. The SMILES string of the molecule is CCc1c(OC)ccc(F)c1N1CCC(Oc2ccc(N3C[C@H](C)C[C@@H]3CC(=O)O)cc2)CC1. The van der Waals surface area contributed by atoms with Crippen LogP contribution in [0, 0.1) is 11.7 Å². The van der Waals surface area contributed by atoms with Gasteiger partial charge in [0.2, 0.25) is 0 Å². The fraction of sp³-hybridized carbons (Fsp3) is 0.519. The highest BCUT2D eigenvalue weighted by molar-refractivity contribution is 5.69. The van der Waals surface area contributed by atoms with Gasteiger partial charge in [0.05, 0.1) is 19.2 Å². The van der Waals surface area contributed by atoms with Crippen LogP contribution in [0.3, 0.4) is 0 Å². The molecule has 2 heterocycles. The molecule has 2 aliphatic rings. The summed E-state index contributed by atoms with van der Waals surface area (Å²) in [6.07, 6.45) is 3.47. The summed E-state index contributed by atoms with van der Waals surface area (Å²) in [4.78, 5) is 15.5. The van der Waals surface area contributed by atoms with Gasteiger partial charge in [0.25, 0.3) is 0 Å². The summed E-state index contributed by atoms with van der Waals surface area (Å²) in [5, 5.41) is 9.24. The quantitative estimate of drug-likeness (QED) is 0.577. The monoisotopic (exact) mass is 470 g/mol. The minimum Gasteiger partial charge on any atom is -0.496 e. The van der Waals surface area contributed by atoms with E-state index in [9.17, 15) is 14.3 Å². The third kappa shape index (κ3) is 5.24. The average Bonchev–Trinajstić information content (AvgIpc) is 3.19. The van der Waals surface area contributed by atoms with Crippen LogP contribution in [0.5, 0.6) is 11.5 Å². The Kier molecular flexibility index (Phi) is 7.49. The van der Waals surface area contributed by atoms with Crippen LogP contribution in [-0.4, -0.2) is 50.0 Å². The lowest BCUT2D eigenvalue weighted by Gasteiger charge is -2.35. The maximum Gasteiger partial charge on any atom is 0.305 e. The fourth-order valence-electron chi connectivity index (χ4n) is 5.43. The number of methoxy groups -OCH3 is 1. The summed E-state index contributed by atoms with van der Waals surface area (Å²) in [5.41, 5.74) is 2.61. The minimum absolute atomic E-state index is 0.0358. The number of aliphatic carboxylic acids is 1. The van der Waals surface area contributed by atoms with E-state index in [1.807, 2.05) is 31.2 Å². The zero-order valence-corrected chi connectivity index (χ0v) is 20.3. The summed E-state index contributed by atoms with van der Waals surface area (Å²) in [5.74, 6) is 1.06. The number of hydrogen-bond acceptors (Lipinski definition) is 5. The Labute approximate surface area is 201 Å². The summed E-state index contributed by atoms with van der Waals surface area (Å²) in [6, 6.07) is 11.2. The lowest BCUT2D eigenvalue weighted by Crippen LogP contribution is -2.39. The number of ether oxygens (including phenoxy) is 2. The highest BCUT2D eigenvalue weighted by Crippen LogP contribution is 2.35. The van der Waals surface area contributed by atoms with Crippen molar-refractivity contribution < 1.29 is 23.8 Å². The zero-order valence-electron chi connectivity index (χ0n) is 20.3. The van der Waals surface area contributed by atoms with Gasteiger partial charge in [-0.2, -0.15) is 0 Å². The molecule has 0 radical (unpaired) electrons.